The Labute approximate surface area is 157 Å². The number of para-hydroxylation sites is 1. The summed E-state index contributed by atoms with van der Waals surface area (Å²) in [5, 5.41) is 12.0. The predicted molar refractivity (Wildman–Crippen MR) is 101 cm³/mol. The Hall–Kier alpha value is -3.02. The Balaban J connectivity index is 1.71. The van der Waals surface area contributed by atoms with Gasteiger partial charge in [0.15, 0.2) is 0 Å². The van der Waals surface area contributed by atoms with E-state index in [1.165, 1.54) is 4.90 Å². The number of carbonyl (C=O) groups is 2. The van der Waals surface area contributed by atoms with E-state index >= 15 is 0 Å². The van der Waals surface area contributed by atoms with Crippen molar-refractivity contribution in [3.05, 3.63) is 53.6 Å². The van der Waals surface area contributed by atoms with Crippen molar-refractivity contribution in [3.8, 4) is 16.9 Å². The van der Waals surface area contributed by atoms with Crippen LogP contribution in [0.15, 0.2) is 42.5 Å². The average molecular weight is 366 g/mol. The molecule has 0 radical (unpaired) electrons. The molecule has 6 nitrogen and oxygen atoms in total. The first-order valence-corrected chi connectivity index (χ1v) is 9.14. The summed E-state index contributed by atoms with van der Waals surface area (Å²) in [6, 6.07) is 13.5. The van der Waals surface area contributed by atoms with Crippen LogP contribution in [0.1, 0.15) is 28.3 Å². The number of nitrogens with zero attached hydrogens (tertiary/aromatic N) is 1. The zero-order valence-corrected chi connectivity index (χ0v) is 15.1. The Bertz CT molecular complexity index is 878. The van der Waals surface area contributed by atoms with E-state index in [2.05, 4.69) is 5.32 Å². The highest BCUT2D eigenvalue weighted by Gasteiger charge is 2.39. The second-order valence-corrected chi connectivity index (χ2v) is 7.07. The lowest BCUT2D eigenvalue weighted by Crippen LogP contribution is -2.27. The number of carbonyl (C=O) groups excluding carboxylic acids is 1. The molecule has 6 heteroatoms. The molecule has 2 heterocycles. The van der Waals surface area contributed by atoms with Gasteiger partial charge < -0.3 is 20.1 Å². The lowest BCUT2D eigenvalue weighted by atomic mass is 9.86. The molecule has 2 aliphatic heterocycles. The van der Waals surface area contributed by atoms with Crippen LogP contribution in [0.2, 0.25) is 0 Å². The fraction of sp³-hybridized carbons (Fsp3) is 0.333. The summed E-state index contributed by atoms with van der Waals surface area (Å²) in [5.74, 6) is 1.16. The van der Waals surface area contributed by atoms with Crippen molar-refractivity contribution in [2.24, 2.45) is 5.92 Å². The van der Waals surface area contributed by atoms with E-state index in [0.29, 0.717) is 25.3 Å². The van der Waals surface area contributed by atoms with Crippen LogP contribution < -0.4 is 10.1 Å². The minimum absolute atomic E-state index is 0.118. The van der Waals surface area contributed by atoms with Gasteiger partial charge in [0.2, 0.25) is 0 Å². The molecular formula is C21H22N2O4. The van der Waals surface area contributed by atoms with Crippen LogP contribution in [-0.2, 0) is 0 Å². The standard InChI is InChI=1S/C21H22N2O4/c1-22-20(24)14-7-5-13(6-8-14)16-3-2-4-17-18-12-23(21(25)26)11-15(18)9-10-27-19(16)17/h2-8,15,18H,9-12H2,1H3,(H,22,24)(H,25,26)/t15?,18-/m0/s1. The average Bonchev–Trinajstić information content (AvgIpc) is 3.04. The van der Waals surface area contributed by atoms with Crippen LogP contribution in [-0.4, -0.2) is 48.8 Å². The molecule has 2 atom stereocenters. The maximum Gasteiger partial charge on any atom is 0.407 e. The Kier molecular flexibility index (Phi) is 4.48. The molecule has 2 aliphatic rings. The number of rotatable bonds is 2. The van der Waals surface area contributed by atoms with E-state index in [1.54, 1.807) is 19.2 Å². The normalized spacial score (nSPS) is 20.9. The molecule has 2 N–H and O–H groups in total. The predicted octanol–water partition coefficient (Wildman–Crippen LogP) is 3.19. The summed E-state index contributed by atoms with van der Waals surface area (Å²) in [5.41, 5.74) is 3.64. The van der Waals surface area contributed by atoms with Crippen molar-refractivity contribution in [1.82, 2.24) is 10.2 Å². The van der Waals surface area contributed by atoms with Crippen molar-refractivity contribution in [2.75, 3.05) is 26.7 Å². The lowest BCUT2D eigenvalue weighted by Gasteiger charge is -2.18. The first-order chi connectivity index (χ1) is 13.1. The van der Waals surface area contributed by atoms with Crippen molar-refractivity contribution in [1.29, 1.82) is 0 Å². The molecule has 1 fully saturated rings. The second kappa shape index (κ2) is 6.95. The number of nitrogens with one attached hydrogen (secondary N) is 1. The molecule has 2 aromatic rings. The third kappa shape index (κ3) is 3.12. The molecule has 4 rings (SSSR count). The molecule has 0 saturated carbocycles. The van der Waals surface area contributed by atoms with E-state index in [-0.39, 0.29) is 17.7 Å². The van der Waals surface area contributed by atoms with Gasteiger partial charge in [-0.05, 0) is 35.6 Å². The summed E-state index contributed by atoms with van der Waals surface area (Å²) in [7, 11) is 1.61. The van der Waals surface area contributed by atoms with Crippen LogP contribution in [0, 0.1) is 5.92 Å². The number of carboxylic acid groups (broad SMARTS) is 1. The van der Waals surface area contributed by atoms with Crippen molar-refractivity contribution in [3.63, 3.8) is 0 Å². The van der Waals surface area contributed by atoms with Gasteiger partial charge in [0.1, 0.15) is 5.75 Å². The quantitative estimate of drug-likeness (QED) is 0.856. The highest BCUT2D eigenvalue weighted by atomic mass is 16.5. The van der Waals surface area contributed by atoms with Crippen molar-refractivity contribution in [2.45, 2.75) is 12.3 Å². The highest BCUT2D eigenvalue weighted by Crippen LogP contribution is 2.45. The molecule has 2 amide bonds. The van der Waals surface area contributed by atoms with Crippen LogP contribution >= 0.6 is 0 Å². The summed E-state index contributed by atoms with van der Waals surface area (Å²) in [4.78, 5) is 24.7. The van der Waals surface area contributed by atoms with Gasteiger partial charge in [-0.2, -0.15) is 0 Å². The number of hydrogen-bond acceptors (Lipinski definition) is 3. The van der Waals surface area contributed by atoms with E-state index < -0.39 is 6.09 Å². The molecule has 0 aromatic heterocycles. The van der Waals surface area contributed by atoms with Gasteiger partial charge in [-0.3, -0.25) is 4.79 Å². The summed E-state index contributed by atoms with van der Waals surface area (Å²) >= 11 is 0. The first-order valence-electron chi connectivity index (χ1n) is 9.14. The summed E-state index contributed by atoms with van der Waals surface area (Å²) < 4.78 is 6.12. The smallest absolute Gasteiger partial charge is 0.407 e. The minimum Gasteiger partial charge on any atom is -0.493 e. The SMILES string of the molecule is CNC(=O)c1ccc(-c2cccc3c2OCCC2CN(C(=O)O)C[C@H]32)cc1. The second-order valence-electron chi connectivity index (χ2n) is 7.07. The molecule has 2 aromatic carbocycles. The Morgan fingerprint density at radius 3 is 2.63 bits per heavy atom. The number of ether oxygens (including phenoxy) is 1. The Morgan fingerprint density at radius 1 is 1.15 bits per heavy atom. The van der Waals surface area contributed by atoms with E-state index in [9.17, 15) is 14.7 Å². The lowest BCUT2D eigenvalue weighted by molar-refractivity contribution is 0.0963. The van der Waals surface area contributed by atoms with Gasteiger partial charge in [-0.1, -0.05) is 30.3 Å². The minimum atomic E-state index is -0.855. The molecule has 1 unspecified atom stereocenters. The summed E-state index contributed by atoms with van der Waals surface area (Å²) in [6.07, 6.45) is -0.00969. The zero-order valence-electron chi connectivity index (χ0n) is 15.1. The van der Waals surface area contributed by atoms with Crippen molar-refractivity contribution >= 4 is 12.0 Å². The number of likely N-dealkylation sites (tertiary alicyclic amines) is 1. The molecule has 0 aliphatic carbocycles. The van der Waals surface area contributed by atoms with Gasteiger partial charge in [0.05, 0.1) is 6.61 Å². The van der Waals surface area contributed by atoms with Crippen LogP contribution in [0.25, 0.3) is 11.1 Å². The van der Waals surface area contributed by atoms with E-state index in [1.807, 2.05) is 30.3 Å². The molecular weight excluding hydrogens is 344 g/mol. The van der Waals surface area contributed by atoms with E-state index in [0.717, 1.165) is 28.9 Å². The number of hydrogen-bond donors (Lipinski definition) is 2. The van der Waals surface area contributed by atoms with Gasteiger partial charge in [-0.25, -0.2) is 4.79 Å². The van der Waals surface area contributed by atoms with Gasteiger partial charge >= 0.3 is 6.09 Å². The van der Waals surface area contributed by atoms with Crippen LogP contribution in [0.3, 0.4) is 0 Å². The van der Waals surface area contributed by atoms with Gasteiger partial charge in [0.25, 0.3) is 5.91 Å². The first kappa shape index (κ1) is 17.4. The fourth-order valence-electron chi connectivity index (χ4n) is 4.17. The Morgan fingerprint density at radius 2 is 1.93 bits per heavy atom. The van der Waals surface area contributed by atoms with Gasteiger partial charge in [0, 0.05) is 37.2 Å². The zero-order chi connectivity index (χ0) is 19.0. The molecule has 0 bridgehead atoms. The molecule has 140 valence electrons. The monoisotopic (exact) mass is 366 g/mol. The third-order valence-electron chi connectivity index (χ3n) is 5.58. The van der Waals surface area contributed by atoms with Crippen LogP contribution in [0.5, 0.6) is 5.75 Å². The number of fused-ring (bicyclic) bond motifs is 3. The third-order valence-corrected chi connectivity index (χ3v) is 5.58. The number of amides is 2. The van der Waals surface area contributed by atoms with E-state index in [4.69, 9.17) is 4.74 Å². The molecule has 0 spiro atoms. The largest absolute Gasteiger partial charge is 0.493 e. The highest BCUT2D eigenvalue weighted by molar-refractivity contribution is 5.94. The van der Waals surface area contributed by atoms with Gasteiger partial charge in [-0.15, -0.1) is 0 Å². The topological polar surface area (TPSA) is 78.9 Å². The molecule has 1 saturated heterocycles. The number of benzene rings is 2. The molecule has 27 heavy (non-hydrogen) atoms. The maximum absolute atomic E-state index is 11.8. The summed E-state index contributed by atoms with van der Waals surface area (Å²) in [6.45, 7) is 1.65. The van der Waals surface area contributed by atoms with Crippen molar-refractivity contribution < 1.29 is 19.4 Å². The van der Waals surface area contributed by atoms with Crippen LogP contribution in [0.4, 0.5) is 4.79 Å². The fourth-order valence-corrected chi connectivity index (χ4v) is 4.17. The maximum atomic E-state index is 11.8.